The van der Waals surface area contributed by atoms with E-state index in [9.17, 15) is 9.18 Å². The molecule has 1 aliphatic rings. The van der Waals surface area contributed by atoms with Crippen molar-refractivity contribution in [3.05, 3.63) is 34.6 Å². The summed E-state index contributed by atoms with van der Waals surface area (Å²) in [6.45, 7) is 1.52. The van der Waals surface area contributed by atoms with E-state index in [1.54, 1.807) is 6.07 Å². The highest BCUT2D eigenvalue weighted by atomic mass is 35.5. The SMILES string of the molecule is CN1CCC(CNC(=O)NCCO)C1c1ccc(Cl)c(F)c1. The Hall–Kier alpha value is -1.37. The minimum atomic E-state index is -0.424. The number of carbonyl (C=O) groups is 1. The first kappa shape index (κ1) is 17.0. The molecule has 22 heavy (non-hydrogen) atoms. The minimum Gasteiger partial charge on any atom is -0.395 e. The smallest absolute Gasteiger partial charge is 0.314 e. The molecule has 1 fully saturated rings. The highest BCUT2D eigenvalue weighted by Gasteiger charge is 2.33. The van der Waals surface area contributed by atoms with E-state index in [1.165, 1.54) is 6.07 Å². The van der Waals surface area contributed by atoms with Gasteiger partial charge in [-0.2, -0.15) is 0 Å². The first-order chi connectivity index (χ1) is 10.5. The first-order valence-electron chi connectivity index (χ1n) is 7.30. The highest BCUT2D eigenvalue weighted by Crippen LogP contribution is 2.36. The monoisotopic (exact) mass is 329 g/mol. The predicted octanol–water partition coefficient (Wildman–Crippen LogP) is 1.76. The third kappa shape index (κ3) is 4.09. The van der Waals surface area contributed by atoms with Crippen LogP contribution in [0.1, 0.15) is 18.0 Å². The van der Waals surface area contributed by atoms with Gasteiger partial charge in [0.25, 0.3) is 0 Å². The Morgan fingerprint density at radius 1 is 1.50 bits per heavy atom. The molecular weight excluding hydrogens is 309 g/mol. The number of carbonyl (C=O) groups excluding carboxylic acids is 1. The second-order valence-electron chi connectivity index (χ2n) is 5.51. The van der Waals surface area contributed by atoms with Gasteiger partial charge in [0.1, 0.15) is 5.82 Å². The molecule has 1 aromatic rings. The Labute approximate surface area is 134 Å². The molecule has 1 saturated heterocycles. The Morgan fingerprint density at radius 2 is 2.27 bits per heavy atom. The molecule has 1 aliphatic heterocycles. The second-order valence-corrected chi connectivity index (χ2v) is 5.92. The standard InChI is InChI=1S/C15H21ClFN3O2/c1-20-6-4-11(9-19-15(22)18-5-7-21)14(20)10-2-3-12(16)13(17)8-10/h2-3,8,11,14,21H,4-7,9H2,1H3,(H2,18,19,22). The van der Waals surface area contributed by atoms with Crippen molar-refractivity contribution in [1.29, 1.82) is 0 Å². The van der Waals surface area contributed by atoms with Crippen LogP contribution in [0.4, 0.5) is 9.18 Å². The molecule has 1 heterocycles. The zero-order valence-electron chi connectivity index (χ0n) is 12.5. The van der Waals surface area contributed by atoms with Crippen molar-refractivity contribution in [2.45, 2.75) is 12.5 Å². The lowest BCUT2D eigenvalue weighted by Crippen LogP contribution is -2.40. The van der Waals surface area contributed by atoms with Crippen LogP contribution < -0.4 is 10.6 Å². The predicted molar refractivity (Wildman–Crippen MR) is 83.4 cm³/mol. The number of nitrogens with zero attached hydrogens (tertiary/aromatic N) is 1. The molecule has 2 atom stereocenters. The van der Waals surface area contributed by atoms with Gasteiger partial charge in [0.2, 0.25) is 0 Å². The topological polar surface area (TPSA) is 64.6 Å². The van der Waals surface area contributed by atoms with E-state index in [-0.39, 0.29) is 36.2 Å². The quantitative estimate of drug-likeness (QED) is 0.771. The molecule has 5 nitrogen and oxygen atoms in total. The van der Waals surface area contributed by atoms with Gasteiger partial charge < -0.3 is 15.7 Å². The van der Waals surface area contributed by atoms with Gasteiger partial charge in [0.15, 0.2) is 0 Å². The van der Waals surface area contributed by atoms with Crippen LogP contribution >= 0.6 is 11.6 Å². The van der Waals surface area contributed by atoms with Crippen LogP contribution in [0.25, 0.3) is 0 Å². The van der Waals surface area contributed by atoms with Crippen molar-refractivity contribution in [3.8, 4) is 0 Å². The first-order valence-corrected chi connectivity index (χ1v) is 7.68. The van der Waals surface area contributed by atoms with Crippen LogP contribution in [0.2, 0.25) is 5.02 Å². The number of halogens is 2. The van der Waals surface area contributed by atoms with Gasteiger partial charge >= 0.3 is 6.03 Å². The van der Waals surface area contributed by atoms with Gasteiger partial charge in [-0.3, -0.25) is 4.90 Å². The summed E-state index contributed by atoms with van der Waals surface area (Å²) >= 11 is 5.74. The normalized spacial score (nSPS) is 21.8. The fourth-order valence-corrected chi connectivity index (χ4v) is 3.04. The number of amides is 2. The van der Waals surface area contributed by atoms with E-state index in [2.05, 4.69) is 15.5 Å². The summed E-state index contributed by atoms with van der Waals surface area (Å²) in [5.74, 6) is -0.225. The summed E-state index contributed by atoms with van der Waals surface area (Å²) in [6.07, 6.45) is 0.922. The molecule has 0 saturated carbocycles. The summed E-state index contributed by atoms with van der Waals surface area (Å²) in [5.41, 5.74) is 0.865. The zero-order chi connectivity index (χ0) is 16.1. The van der Waals surface area contributed by atoms with Gasteiger partial charge in [0.05, 0.1) is 11.6 Å². The molecular formula is C15H21ClFN3O2. The molecule has 7 heteroatoms. The van der Waals surface area contributed by atoms with Gasteiger partial charge in [-0.25, -0.2) is 9.18 Å². The largest absolute Gasteiger partial charge is 0.395 e. The molecule has 2 amide bonds. The maximum absolute atomic E-state index is 13.7. The number of nitrogens with one attached hydrogen (secondary N) is 2. The minimum absolute atomic E-state index is 0.0462. The molecule has 0 spiro atoms. The van der Waals surface area contributed by atoms with E-state index in [4.69, 9.17) is 16.7 Å². The fourth-order valence-electron chi connectivity index (χ4n) is 2.92. The van der Waals surface area contributed by atoms with E-state index in [0.29, 0.717) is 6.54 Å². The lowest BCUT2D eigenvalue weighted by molar-refractivity contribution is 0.228. The molecule has 0 aliphatic carbocycles. The second kappa shape index (κ2) is 7.76. The highest BCUT2D eigenvalue weighted by molar-refractivity contribution is 6.30. The van der Waals surface area contributed by atoms with E-state index in [1.807, 2.05) is 13.1 Å². The van der Waals surface area contributed by atoms with Gasteiger partial charge in [-0.1, -0.05) is 17.7 Å². The van der Waals surface area contributed by atoms with E-state index < -0.39 is 5.82 Å². The summed E-state index contributed by atoms with van der Waals surface area (Å²) in [4.78, 5) is 13.7. The summed E-state index contributed by atoms with van der Waals surface area (Å²) in [5, 5.41) is 14.1. The number of hydrogen-bond acceptors (Lipinski definition) is 3. The maximum Gasteiger partial charge on any atom is 0.314 e. The summed E-state index contributed by atoms with van der Waals surface area (Å²) in [7, 11) is 1.99. The molecule has 0 aromatic heterocycles. The molecule has 2 rings (SSSR count). The molecule has 0 bridgehead atoms. The number of urea groups is 1. The van der Waals surface area contributed by atoms with Crippen molar-refractivity contribution in [2.24, 2.45) is 5.92 Å². The molecule has 0 radical (unpaired) electrons. The summed E-state index contributed by atoms with van der Waals surface area (Å²) in [6, 6.07) is 4.61. The molecule has 3 N–H and O–H groups in total. The summed E-state index contributed by atoms with van der Waals surface area (Å²) < 4.78 is 13.7. The number of likely N-dealkylation sites (tertiary alicyclic amines) is 1. The van der Waals surface area contributed by atoms with Crippen molar-refractivity contribution < 1.29 is 14.3 Å². The molecule has 1 aromatic carbocycles. The fraction of sp³-hybridized carbons (Fsp3) is 0.533. The van der Waals surface area contributed by atoms with Crippen molar-refractivity contribution in [1.82, 2.24) is 15.5 Å². The maximum atomic E-state index is 13.7. The van der Waals surface area contributed by atoms with Crippen molar-refractivity contribution >= 4 is 17.6 Å². The number of aliphatic hydroxyl groups is 1. The van der Waals surface area contributed by atoms with Crippen LogP contribution in [0, 0.1) is 11.7 Å². The van der Waals surface area contributed by atoms with Crippen LogP contribution in [0.3, 0.4) is 0 Å². The average Bonchev–Trinajstić information content (AvgIpc) is 2.87. The van der Waals surface area contributed by atoms with Gasteiger partial charge in [-0.15, -0.1) is 0 Å². The third-order valence-electron chi connectivity index (χ3n) is 3.98. The van der Waals surface area contributed by atoms with Crippen LogP contribution in [0.15, 0.2) is 18.2 Å². The lowest BCUT2D eigenvalue weighted by atomic mass is 9.93. The number of benzene rings is 1. The van der Waals surface area contributed by atoms with Crippen LogP contribution in [-0.4, -0.2) is 49.3 Å². The Morgan fingerprint density at radius 3 is 2.95 bits per heavy atom. The van der Waals surface area contributed by atoms with Crippen LogP contribution in [0.5, 0.6) is 0 Å². The molecule has 122 valence electrons. The number of hydrogen-bond donors (Lipinski definition) is 3. The van der Waals surface area contributed by atoms with Gasteiger partial charge in [0, 0.05) is 19.1 Å². The van der Waals surface area contributed by atoms with Crippen molar-refractivity contribution in [2.75, 3.05) is 33.3 Å². The average molecular weight is 330 g/mol. The van der Waals surface area contributed by atoms with E-state index >= 15 is 0 Å². The number of aliphatic hydroxyl groups excluding tert-OH is 1. The van der Waals surface area contributed by atoms with Crippen LogP contribution in [-0.2, 0) is 0 Å². The molecule has 2 unspecified atom stereocenters. The Balaban J connectivity index is 2.01. The van der Waals surface area contributed by atoms with E-state index in [0.717, 1.165) is 18.5 Å². The zero-order valence-corrected chi connectivity index (χ0v) is 13.2. The third-order valence-corrected chi connectivity index (χ3v) is 4.29. The lowest BCUT2D eigenvalue weighted by Gasteiger charge is -2.26. The Kier molecular flexibility index (Phi) is 5.99. The van der Waals surface area contributed by atoms with Gasteiger partial charge in [-0.05, 0) is 43.6 Å². The van der Waals surface area contributed by atoms with Crippen molar-refractivity contribution in [3.63, 3.8) is 0 Å². The Bertz CT molecular complexity index is 530. The number of rotatable bonds is 5.